The summed E-state index contributed by atoms with van der Waals surface area (Å²) in [7, 11) is 1.47. The van der Waals surface area contributed by atoms with Crippen molar-refractivity contribution in [1.82, 2.24) is 9.97 Å². The van der Waals surface area contributed by atoms with Gasteiger partial charge in [-0.25, -0.2) is 4.39 Å². The largest absolute Gasteiger partial charge is 0.495 e. The van der Waals surface area contributed by atoms with Crippen LogP contribution in [0.15, 0.2) is 30.3 Å². The molecule has 0 spiro atoms. The minimum atomic E-state index is -0.568. The molecule has 7 nitrogen and oxygen atoms in total. The number of amides is 2. The summed E-state index contributed by atoms with van der Waals surface area (Å²) in [5.74, 6) is -0.931. The number of aromatic amines is 2. The molecule has 0 aliphatic heterocycles. The Morgan fingerprint density at radius 3 is 2.62 bits per heavy atom. The van der Waals surface area contributed by atoms with E-state index in [0.717, 1.165) is 6.07 Å². The lowest BCUT2D eigenvalue weighted by Crippen LogP contribution is -2.14. The summed E-state index contributed by atoms with van der Waals surface area (Å²) in [6.45, 7) is 1.36. The maximum absolute atomic E-state index is 13.8. The molecular weight excluding hydrogens is 359 g/mol. The zero-order valence-electron chi connectivity index (χ0n) is 13.9. The van der Waals surface area contributed by atoms with Gasteiger partial charge < -0.3 is 25.3 Å². The number of hydrogen-bond donors (Lipinski definition) is 4. The van der Waals surface area contributed by atoms with Gasteiger partial charge in [-0.15, -0.1) is 0 Å². The van der Waals surface area contributed by atoms with Gasteiger partial charge in [-0.05, 0) is 42.5 Å². The van der Waals surface area contributed by atoms with Gasteiger partial charge in [0.05, 0.1) is 29.4 Å². The second-order valence-corrected chi connectivity index (χ2v) is 5.91. The molecule has 0 atom stereocenters. The molecule has 0 aliphatic rings. The van der Waals surface area contributed by atoms with Crippen LogP contribution >= 0.6 is 12.2 Å². The van der Waals surface area contributed by atoms with Crippen LogP contribution in [-0.2, 0) is 4.79 Å². The zero-order chi connectivity index (χ0) is 18.8. The van der Waals surface area contributed by atoms with Crippen molar-refractivity contribution >= 4 is 46.4 Å². The summed E-state index contributed by atoms with van der Waals surface area (Å²) in [4.78, 5) is 29.5. The zero-order valence-corrected chi connectivity index (χ0v) is 14.7. The molecule has 0 radical (unpaired) electrons. The van der Waals surface area contributed by atoms with Gasteiger partial charge in [-0.1, -0.05) is 0 Å². The van der Waals surface area contributed by atoms with Crippen molar-refractivity contribution in [2.75, 3.05) is 17.7 Å². The molecule has 0 aliphatic carbocycles. The third kappa shape index (κ3) is 3.57. The van der Waals surface area contributed by atoms with E-state index < -0.39 is 11.7 Å². The van der Waals surface area contributed by atoms with Gasteiger partial charge in [0.2, 0.25) is 5.91 Å². The second-order valence-electron chi connectivity index (χ2n) is 5.51. The first kappa shape index (κ1) is 17.6. The number of hydrogen-bond acceptors (Lipinski definition) is 4. The summed E-state index contributed by atoms with van der Waals surface area (Å²) in [5, 5.41) is 5.29. The second kappa shape index (κ2) is 6.96. The van der Waals surface area contributed by atoms with E-state index in [1.165, 1.54) is 20.1 Å². The average molecular weight is 374 g/mol. The summed E-state index contributed by atoms with van der Waals surface area (Å²) >= 11 is 5.00. The summed E-state index contributed by atoms with van der Waals surface area (Å²) < 4.78 is 19.3. The fraction of sp³-hybridized carbons (Fsp3) is 0.118. The van der Waals surface area contributed by atoms with Crippen LogP contribution in [0.5, 0.6) is 5.75 Å². The fourth-order valence-electron chi connectivity index (χ4n) is 2.56. The molecule has 1 heterocycles. The van der Waals surface area contributed by atoms with Crippen LogP contribution in [0.25, 0.3) is 11.0 Å². The number of halogens is 1. The molecule has 2 aromatic carbocycles. The predicted molar refractivity (Wildman–Crippen MR) is 98.7 cm³/mol. The lowest BCUT2D eigenvalue weighted by atomic mass is 10.1. The monoisotopic (exact) mass is 374 g/mol. The SMILES string of the molecule is COc1ccc(NC(=O)c2cc(F)cc3[nH]c(=S)[nH]c23)cc1NC(C)=O. The minimum Gasteiger partial charge on any atom is -0.495 e. The van der Waals surface area contributed by atoms with E-state index in [0.29, 0.717) is 28.2 Å². The molecule has 3 aromatic rings. The summed E-state index contributed by atoms with van der Waals surface area (Å²) in [5.41, 5.74) is 1.72. The van der Waals surface area contributed by atoms with Crippen LogP contribution < -0.4 is 15.4 Å². The lowest BCUT2D eigenvalue weighted by molar-refractivity contribution is -0.114. The van der Waals surface area contributed by atoms with Crippen molar-refractivity contribution in [2.24, 2.45) is 0 Å². The number of anilines is 2. The van der Waals surface area contributed by atoms with Crippen LogP contribution in [0.1, 0.15) is 17.3 Å². The van der Waals surface area contributed by atoms with Crippen molar-refractivity contribution in [3.8, 4) is 5.75 Å². The van der Waals surface area contributed by atoms with Gasteiger partial charge in [-0.2, -0.15) is 0 Å². The Hall–Kier alpha value is -3.20. The quantitative estimate of drug-likeness (QED) is 0.525. The van der Waals surface area contributed by atoms with Gasteiger partial charge in [-0.3, -0.25) is 9.59 Å². The third-order valence-corrected chi connectivity index (χ3v) is 3.81. The van der Waals surface area contributed by atoms with E-state index in [4.69, 9.17) is 17.0 Å². The van der Waals surface area contributed by atoms with Crippen molar-refractivity contribution in [2.45, 2.75) is 6.92 Å². The number of carbonyl (C=O) groups is 2. The number of H-pyrrole nitrogens is 2. The molecule has 0 saturated heterocycles. The maximum Gasteiger partial charge on any atom is 0.257 e. The smallest absolute Gasteiger partial charge is 0.257 e. The number of imidazole rings is 1. The summed E-state index contributed by atoms with van der Waals surface area (Å²) in [6, 6.07) is 7.13. The van der Waals surface area contributed by atoms with Gasteiger partial charge in [0.1, 0.15) is 11.6 Å². The number of aromatic nitrogens is 2. The van der Waals surface area contributed by atoms with Gasteiger partial charge >= 0.3 is 0 Å². The average Bonchev–Trinajstić information content (AvgIpc) is 2.93. The summed E-state index contributed by atoms with van der Waals surface area (Å²) in [6.07, 6.45) is 0. The molecule has 0 saturated carbocycles. The van der Waals surface area contributed by atoms with E-state index in [-0.39, 0.29) is 16.2 Å². The first-order valence-corrected chi connectivity index (χ1v) is 7.96. The molecule has 9 heteroatoms. The number of nitrogens with one attached hydrogen (secondary N) is 4. The Morgan fingerprint density at radius 1 is 1.15 bits per heavy atom. The third-order valence-electron chi connectivity index (χ3n) is 3.60. The van der Waals surface area contributed by atoms with Crippen LogP contribution in [0.4, 0.5) is 15.8 Å². The number of benzene rings is 2. The molecule has 4 N–H and O–H groups in total. The Kier molecular flexibility index (Phi) is 4.72. The van der Waals surface area contributed by atoms with Crippen molar-refractivity contribution < 1.29 is 18.7 Å². The van der Waals surface area contributed by atoms with Gasteiger partial charge in [0.15, 0.2) is 4.77 Å². The van der Waals surface area contributed by atoms with E-state index in [9.17, 15) is 14.0 Å². The first-order valence-electron chi connectivity index (χ1n) is 7.56. The van der Waals surface area contributed by atoms with E-state index >= 15 is 0 Å². The Labute approximate surface area is 152 Å². The normalized spacial score (nSPS) is 10.6. The van der Waals surface area contributed by atoms with Crippen LogP contribution in [-0.4, -0.2) is 28.9 Å². The number of fused-ring (bicyclic) bond motifs is 1. The molecule has 1 aromatic heterocycles. The Morgan fingerprint density at radius 2 is 1.92 bits per heavy atom. The fourth-order valence-corrected chi connectivity index (χ4v) is 2.77. The molecular formula is C17H15FN4O3S. The Balaban J connectivity index is 1.95. The standard InChI is InChI=1S/C17H15FN4O3S/c1-8(23)19-12-7-10(3-4-14(12)25-2)20-16(24)11-5-9(18)6-13-15(11)22-17(26)21-13/h3-7H,1-2H3,(H,19,23)(H,20,24)(H2,21,22,26). The molecule has 0 fully saturated rings. The van der Waals surface area contributed by atoms with Crippen molar-refractivity contribution in [1.29, 1.82) is 0 Å². The lowest BCUT2D eigenvalue weighted by Gasteiger charge is -2.12. The van der Waals surface area contributed by atoms with E-state index in [1.807, 2.05) is 0 Å². The number of methoxy groups -OCH3 is 1. The Bertz CT molecular complexity index is 1070. The van der Waals surface area contributed by atoms with Crippen LogP contribution in [0.2, 0.25) is 0 Å². The minimum absolute atomic E-state index is 0.101. The molecule has 0 unspecified atom stereocenters. The molecule has 26 heavy (non-hydrogen) atoms. The van der Waals surface area contributed by atoms with E-state index in [2.05, 4.69) is 20.6 Å². The highest BCUT2D eigenvalue weighted by Crippen LogP contribution is 2.28. The van der Waals surface area contributed by atoms with Crippen LogP contribution in [0, 0.1) is 10.6 Å². The van der Waals surface area contributed by atoms with Gasteiger partial charge in [0.25, 0.3) is 5.91 Å². The van der Waals surface area contributed by atoms with Crippen molar-refractivity contribution in [3.05, 3.63) is 46.5 Å². The number of carbonyl (C=O) groups excluding carboxylic acids is 2. The van der Waals surface area contributed by atoms with Gasteiger partial charge in [0, 0.05) is 12.6 Å². The molecule has 2 amide bonds. The number of ether oxygens (including phenoxy) is 1. The highest BCUT2D eigenvalue weighted by molar-refractivity contribution is 7.71. The molecule has 134 valence electrons. The highest BCUT2D eigenvalue weighted by atomic mass is 32.1. The highest BCUT2D eigenvalue weighted by Gasteiger charge is 2.15. The van der Waals surface area contributed by atoms with Crippen molar-refractivity contribution in [3.63, 3.8) is 0 Å². The topological polar surface area (TPSA) is 99.0 Å². The van der Waals surface area contributed by atoms with Crippen LogP contribution in [0.3, 0.4) is 0 Å². The first-order chi connectivity index (χ1) is 12.4. The molecule has 0 bridgehead atoms. The molecule has 3 rings (SSSR count). The predicted octanol–water partition coefficient (Wildman–Crippen LogP) is 3.58. The van der Waals surface area contributed by atoms with E-state index in [1.54, 1.807) is 18.2 Å². The number of rotatable bonds is 4. The maximum atomic E-state index is 13.8.